The van der Waals surface area contributed by atoms with E-state index in [2.05, 4.69) is 10.6 Å². The number of esters is 2. The van der Waals surface area contributed by atoms with E-state index in [-0.39, 0.29) is 30.9 Å². The summed E-state index contributed by atoms with van der Waals surface area (Å²) in [6.07, 6.45) is 7.89. The Morgan fingerprint density at radius 3 is 1.61 bits per heavy atom. The molecule has 8 heteroatoms. The Morgan fingerprint density at radius 1 is 0.634 bits per heavy atom. The quantitative estimate of drug-likeness (QED) is 0.166. The standard InChI is InChI=1S/C33H46N2O6/c1-26(36)16-9-5-3-4-6-14-21-31(37)35-30(25-28-19-12-8-13-20-28)33(39)41-23-15-22-40-32(38)29(34-2)24-27-17-10-7-11-18-27/h7-8,10-13,17-20,29-30,34H,3-6,9,14-16,21-25H2,1-2H3,(H,35,37). The number of Topliss-reactive ketones (excluding diaryl/α,β-unsaturated/α-hetero) is 1. The maximum atomic E-state index is 12.9. The van der Waals surface area contributed by atoms with E-state index in [1.807, 2.05) is 60.7 Å². The van der Waals surface area contributed by atoms with Crippen LogP contribution in [0.15, 0.2) is 60.7 Å². The van der Waals surface area contributed by atoms with Gasteiger partial charge in [-0.05, 0) is 44.4 Å². The van der Waals surface area contributed by atoms with Crippen molar-refractivity contribution in [3.8, 4) is 0 Å². The van der Waals surface area contributed by atoms with Gasteiger partial charge in [-0.25, -0.2) is 4.79 Å². The highest BCUT2D eigenvalue weighted by atomic mass is 16.5. The third kappa shape index (κ3) is 15.2. The molecule has 0 aliphatic heterocycles. The first-order valence-electron chi connectivity index (χ1n) is 14.8. The van der Waals surface area contributed by atoms with Crippen molar-refractivity contribution in [3.05, 3.63) is 71.8 Å². The summed E-state index contributed by atoms with van der Waals surface area (Å²) in [6.45, 7) is 1.83. The molecule has 2 rings (SSSR count). The van der Waals surface area contributed by atoms with Crippen LogP contribution in [0.3, 0.4) is 0 Å². The minimum Gasteiger partial charge on any atom is -0.464 e. The molecule has 0 saturated heterocycles. The summed E-state index contributed by atoms with van der Waals surface area (Å²) in [5, 5.41) is 5.84. The number of unbranched alkanes of at least 4 members (excludes halogenated alkanes) is 5. The van der Waals surface area contributed by atoms with Crippen LogP contribution in [0.1, 0.15) is 75.8 Å². The first-order chi connectivity index (χ1) is 19.9. The average Bonchev–Trinajstić information content (AvgIpc) is 2.97. The summed E-state index contributed by atoms with van der Waals surface area (Å²) < 4.78 is 10.8. The molecule has 0 aromatic heterocycles. The van der Waals surface area contributed by atoms with Gasteiger partial charge in [-0.15, -0.1) is 0 Å². The van der Waals surface area contributed by atoms with Gasteiger partial charge in [0, 0.05) is 25.7 Å². The highest BCUT2D eigenvalue weighted by molar-refractivity contribution is 5.84. The lowest BCUT2D eigenvalue weighted by Gasteiger charge is -2.18. The number of nitrogens with one attached hydrogen (secondary N) is 2. The zero-order chi connectivity index (χ0) is 29.7. The van der Waals surface area contributed by atoms with Crippen molar-refractivity contribution in [1.29, 1.82) is 0 Å². The number of amides is 1. The van der Waals surface area contributed by atoms with Crippen molar-refractivity contribution in [1.82, 2.24) is 10.6 Å². The summed E-state index contributed by atoms with van der Waals surface area (Å²) >= 11 is 0. The summed E-state index contributed by atoms with van der Waals surface area (Å²) in [5.41, 5.74) is 1.95. The lowest BCUT2D eigenvalue weighted by atomic mass is 10.0. The van der Waals surface area contributed by atoms with E-state index in [4.69, 9.17) is 9.47 Å². The zero-order valence-electron chi connectivity index (χ0n) is 24.6. The SMILES string of the molecule is CNC(Cc1ccccc1)C(=O)OCCCOC(=O)C(Cc1ccccc1)NC(=O)CCCCCCCCC(C)=O. The summed E-state index contributed by atoms with van der Waals surface area (Å²) in [5.74, 6) is -0.806. The molecule has 2 N–H and O–H groups in total. The Morgan fingerprint density at radius 2 is 1.10 bits per heavy atom. The van der Waals surface area contributed by atoms with Crippen LogP contribution < -0.4 is 10.6 Å². The first-order valence-corrected chi connectivity index (χ1v) is 14.8. The molecule has 41 heavy (non-hydrogen) atoms. The predicted molar refractivity (Wildman–Crippen MR) is 159 cm³/mol. The largest absolute Gasteiger partial charge is 0.464 e. The summed E-state index contributed by atoms with van der Waals surface area (Å²) in [7, 11) is 1.72. The smallest absolute Gasteiger partial charge is 0.328 e. The van der Waals surface area contributed by atoms with Crippen molar-refractivity contribution in [3.63, 3.8) is 0 Å². The number of carbonyl (C=O) groups is 4. The van der Waals surface area contributed by atoms with Crippen molar-refractivity contribution in [2.45, 2.75) is 89.6 Å². The monoisotopic (exact) mass is 566 g/mol. The zero-order valence-corrected chi connectivity index (χ0v) is 24.6. The lowest BCUT2D eigenvalue weighted by molar-refractivity contribution is -0.150. The van der Waals surface area contributed by atoms with E-state index in [0.29, 0.717) is 32.1 Å². The fraction of sp³-hybridized carbons (Fsp3) is 0.515. The second-order valence-corrected chi connectivity index (χ2v) is 10.4. The number of hydrogen-bond donors (Lipinski definition) is 2. The third-order valence-corrected chi connectivity index (χ3v) is 6.78. The molecule has 0 radical (unpaired) electrons. The van der Waals surface area contributed by atoms with Gasteiger partial charge in [-0.2, -0.15) is 0 Å². The topological polar surface area (TPSA) is 111 Å². The molecule has 0 aliphatic rings. The van der Waals surface area contributed by atoms with Crippen LogP contribution in [0.2, 0.25) is 0 Å². The molecular weight excluding hydrogens is 520 g/mol. The van der Waals surface area contributed by atoms with Gasteiger partial charge >= 0.3 is 11.9 Å². The van der Waals surface area contributed by atoms with Gasteiger partial charge in [0.05, 0.1) is 13.2 Å². The van der Waals surface area contributed by atoms with Gasteiger partial charge in [-0.1, -0.05) is 86.3 Å². The van der Waals surface area contributed by atoms with Gasteiger partial charge in [0.1, 0.15) is 17.9 Å². The second-order valence-electron chi connectivity index (χ2n) is 10.4. The maximum Gasteiger partial charge on any atom is 0.328 e. The Kier molecular flexibility index (Phi) is 16.7. The van der Waals surface area contributed by atoms with Gasteiger partial charge in [0.25, 0.3) is 0 Å². The van der Waals surface area contributed by atoms with Crippen LogP contribution in [-0.4, -0.2) is 56.0 Å². The molecule has 0 bridgehead atoms. The highest BCUT2D eigenvalue weighted by Crippen LogP contribution is 2.10. The predicted octanol–water partition coefficient (Wildman–Crippen LogP) is 4.73. The van der Waals surface area contributed by atoms with Crippen molar-refractivity contribution < 1.29 is 28.7 Å². The number of carbonyl (C=O) groups excluding carboxylic acids is 4. The minimum absolute atomic E-state index is 0.0831. The van der Waals surface area contributed by atoms with Crippen LogP contribution in [-0.2, 0) is 41.5 Å². The van der Waals surface area contributed by atoms with E-state index >= 15 is 0 Å². The number of ketones is 1. The molecule has 0 aliphatic carbocycles. The van der Waals surface area contributed by atoms with Crippen LogP contribution in [0.5, 0.6) is 0 Å². The summed E-state index contributed by atoms with van der Waals surface area (Å²) in [4.78, 5) is 49.0. The molecule has 8 nitrogen and oxygen atoms in total. The average molecular weight is 567 g/mol. The number of likely N-dealkylation sites (N-methyl/N-ethyl adjacent to an activating group) is 1. The molecule has 2 atom stereocenters. The molecule has 1 amide bonds. The molecule has 2 aromatic carbocycles. The number of rotatable bonds is 21. The van der Waals surface area contributed by atoms with Gasteiger partial charge < -0.3 is 24.9 Å². The first kappa shape index (κ1) is 33.7. The van der Waals surface area contributed by atoms with Crippen LogP contribution >= 0.6 is 0 Å². The van der Waals surface area contributed by atoms with Crippen LogP contribution in [0.25, 0.3) is 0 Å². The number of ether oxygens (including phenoxy) is 2. The van der Waals surface area contributed by atoms with E-state index in [0.717, 1.165) is 49.7 Å². The Bertz CT molecular complexity index is 1040. The Balaban J connectivity index is 1.73. The second kappa shape index (κ2) is 20.4. The molecule has 2 aromatic rings. The highest BCUT2D eigenvalue weighted by Gasteiger charge is 2.23. The molecular formula is C33H46N2O6. The van der Waals surface area contributed by atoms with Gasteiger partial charge in [0.2, 0.25) is 5.91 Å². The maximum absolute atomic E-state index is 12.9. The van der Waals surface area contributed by atoms with E-state index in [9.17, 15) is 19.2 Å². The van der Waals surface area contributed by atoms with Gasteiger partial charge in [0.15, 0.2) is 0 Å². The van der Waals surface area contributed by atoms with Crippen molar-refractivity contribution in [2.75, 3.05) is 20.3 Å². The van der Waals surface area contributed by atoms with Crippen LogP contribution in [0.4, 0.5) is 0 Å². The molecule has 0 fully saturated rings. The molecule has 224 valence electrons. The van der Waals surface area contributed by atoms with E-state index in [1.165, 1.54) is 0 Å². The molecule has 0 spiro atoms. The molecule has 2 unspecified atom stereocenters. The minimum atomic E-state index is -0.793. The third-order valence-electron chi connectivity index (χ3n) is 6.78. The fourth-order valence-corrected chi connectivity index (χ4v) is 4.43. The van der Waals surface area contributed by atoms with E-state index < -0.39 is 18.1 Å². The summed E-state index contributed by atoms with van der Waals surface area (Å²) in [6, 6.07) is 17.9. The Labute approximate surface area is 244 Å². The van der Waals surface area contributed by atoms with Crippen molar-refractivity contribution in [2.24, 2.45) is 0 Å². The molecule has 0 heterocycles. The normalized spacial score (nSPS) is 12.2. The van der Waals surface area contributed by atoms with Crippen LogP contribution in [0, 0.1) is 0 Å². The van der Waals surface area contributed by atoms with Crippen molar-refractivity contribution >= 4 is 23.6 Å². The van der Waals surface area contributed by atoms with E-state index in [1.54, 1.807) is 14.0 Å². The Hall–Kier alpha value is -3.52. The number of hydrogen-bond acceptors (Lipinski definition) is 7. The fourth-order valence-electron chi connectivity index (χ4n) is 4.43. The number of benzene rings is 2. The lowest BCUT2D eigenvalue weighted by Crippen LogP contribution is -2.43. The molecule has 0 saturated carbocycles. The van der Waals surface area contributed by atoms with Gasteiger partial charge in [-0.3, -0.25) is 9.59 Å².